The van der Waals surface area contributed by atoms with Gasteiger partial charge in [0.05, 0.1) is 17.3 Å². The summed E-state index contributed by atoms with van der Waals surface area (Å²) in [6.45, 7) is 6.63. The molecule has 0 aliphatic carbocycles. The summed E-state index contributed by atoms with van der Waals surface area (Å²) in [5, 5.41) is 9.47. The van der Waals surface area contributed by atoms with Crippen LogP contribution >= 0.6 is 0 Å². The molecule has 0 aromatic heterocycles. The van der Waals surface area contributed by atoms with Gasteiger partial charge in [-0.25, -0.2) is 8.61 Å². The van der Waals surface area contributed by atoms with Gasteiger partial charge in [0.25, 0.3) is 5.91 Å². The van der Waals surface area contributed by atoms with Gasteiger partial charge in [0.2, 0.25) is 0 Å². The molecule has 1 heterocycles. The van der Waals surface area contributed by atoms with Crippen molar-refractivity contribution in [2.24, 2.45) is 0 Å². The van der Waals surface area contributed by atoms with E-state index in [1.54, 1.807) is 18.2 Å². The first kappa shape index (κ1) is 26.4. The van der Waals surface area contributed by atoms with Crippen LogP contribution in [0.5, 0.6) is 5.75 Å². The van der Waals surface area contributed by atoms with Gasteiger partial charge in [-0.1, -0.05) is 74.2 Å². The number of carbonyl (C=O) groups excluding carboxylic acids is 1. The Bertz CT molecular complexity index is 1430. The molecular formula is C28H31N3O4SSi. The Kier molecular flexibility index (Phi) is 7.71. The molecule has 9 heteroatoms. The Balaban J connectivity index is 1.68. The van der Waals surface area contributed by atoms with Gasteiger partial charge in [-0.05, 0) is 47.4 Å². The normalized spacial score (nSPS) is 15.0. The third-order valence-electron chi connectivity index (χ3n) is 6.24. The average Bonchev–Trinajstić information content (AvgIpc) is 3.09. The minimum atomic E-state index is -4.02. The van der Waals surface area contributed by atoms with E-state index in [1.165, 1.54) is 0 Å². The number of nitriles is 1. The molecule has 0 unspecified atom stereocenters. The SMILES string of the molecule is C[Si](C)(C)CCN1C(=O)CN(c2ccc(Cc3ccccc3C#N)cc2OCc2ccccc2)S1(=O)=O. The van der Waals surface area contributed by atoms with Gasteiger partial charge < -0.3 is 4.74 Å². The van der Waals surface area contributed by atoms with E-state index in [1.807, 2.05) is 54.6 Å². The number of carbonyl (C=O) groups is 1. The Hall–Kier alpha value is -3.61. The number of rotatable bonds is 9. The highest BCUT2D eigenvalue weighted by Crippen LogP contribution is 2.36. The molecule has 1 amide bonds. The predicted octanol–water partition coefficient (Wildman–Crippen LogP) is 4.96. The molecule has 192 valence electrons. The van der Waals surface area contributed by atoms with Crippen LogP contribution < -0.4 is 9.04 Å². The lowest BCUT2D eigenvalue weighted by Gasteiger charge is -2.24. The molecule has 4 rings (SSSR count). The lowest BCUT2D eigenvalue weighted by molar-refractivity contribution is -0.123. The lowest BCUT2D eigenvalue weighted by atomic mass is 10.00. The van der Waals surface area contributed by atoms with Crippen LogP contribution in [0.15, 0.2) is 72.8 Å². The molecule has 1 saturated heterocycles. The van der Waals surface area contributed by atoms with Crippen molar-refractivity contribution in [1.29, 1.82) is 5.26 Å². The third-order valence-corrected chi connectivity index (χ3v) is 9.79. The van der Waals surface area contributed by atoms with E-state index in [0.29, 0.717) is 29.5 Å². The van der Waals surface area contributed by atoms with Crippen molar-refractivity contribution in [3.63, 3.8) is 0 Å². The summed E-state index contributed by atoms with van der Waals surface area (Å²) in [5.41, 5.74) is 3.59. The largest absolute Gasteiger partial charge is 0.487 e. The molecule has 0 radical (unpaired) electrons. The zero-order valence-corrected chi connectivity index (χ0v) is 23.2. The van der Waals surface area contributed by atoms with Gasteiger partial charge in [0, 0.05) is 14.6 Å². The van der Waals surface area contributed by atoms with Crippen LogP contribution in [0.2, 0.25) is 25.7 Å². The van der Waals surface area contributed by atoms with Crippen LogP contribution in [0, 0.1) is 11.3 Å². The molecule has 3 aromatic carbocycles. The molecule has 37 heavy (non-hydrogen) atoms. The molecule has 1 fully saturated rings. The van der Waals surface area contributed by atoms with E-state index >= 15 is 0 Å². The van der Waals surface area contributed by atoms with E-state index in [2.05, 4.69) is 25.7 Å². The van der Waals surface area contributed by atoms with E-state index in [4.69, 9.17) is 4.74 Å². The molecule has 0 N–H and O–H groups in total. The van der Waals surface area contributed by atoms with Crippen LogP contribution in [0.3, 0.4) is 0 Å². The van der Waals surface area contributed by atoms with E-state index in [0.717, 1.165) is 25.3 Å². The summed E-state index contributed by atoms with van der Waals surface area (Å²) < 4.78 is 35.2. The highest BCUT2D eigenvalue weighted by Gasteiger charge is 2.43. The first-order valence-corrected chi connectivity index (χ1v) is 17.3. The van der Waals surface area contributed by atoms with Crippen LogP contribution in [0.1, 0.15) is 22.3 Å². The summed E-state index contributed by atoms with van der Waals surface area (Å²) in [4.78, 5) is 12.8. The molecule has 0 bridgehead atoms. The van der Waals surface area contributed by atoms with Gasteiger partial charge in [-0.15, -0.1) is 0 Å². The summed E-state index contributed by atoms with van der Waals surface area (Å²) in [6, 6.07) is 25.2. The highest BCUT2D eigenvalue weighted by atomic mass is 32.2. The maximum absolute atomic E-state index is 13.5. The zero-order valence-electron chi connectivity index (χ0n) is 21.3. The number of hydrogen-bond acceptors (Lipinski definition) is 5. The topological polar surface area (TPSA) is 90.7 Å². The number of hydrogen-bond donors (Lipinski definition) is 0. The van der Waals surface area contributed by atoms with E-state index < -0.39 is 24.2 Å². The van der Waals surface area contributed by atoms with Gasteiger partial charge in [-0.2, -0.15) is 13.7 Å². The van der Waals surface area contributed by atoms with Crippen molar-refractivity contribution in [2.45, 2.75) is 38.7 Å². The fourth-order valence-electron chi connectivity index (χ4n) is 4.15. The molecule has 1 aliphatic rings. The van der Waals surface area contributed by atoms with Gasteiger partial charge in [0.15, 0.2) is 0 Å². The molecule has 0 saturated carbocycles. The number of ether oxygens (including phenoxy) is 1. The number of benzene rings is 3. The molecular weight excluding hydrogens is 502 g/mol. The second-order valence-electron chi connectivity index (χ2n) is 10.3. The van der Waals surface area contributed by atoms with Crippen LogP contribution in [-0.4, -0.2) is 39.8 Å². The van der Waals surface area contributed by atoms with Crippen molar-refractivity contribution in [3.05, 3.63) is 95.1 Å². The van der Waals surface area contributed by atoms with Gasteiger partial charge in [-0.3, -0.25) is 4.79 Å². The Labute approximate surface area is 220 Å². The van der Waals surface area contributed by atoms with Crippen molar-refractivity contribution in [3.8, 4) is 11.8 Å². The summed E-state index contributed by atoms with van der Waals surface area (Å²) in [6.07, 6.45) is 0.486. The maximum Gasteiger partial charge on any atom is 0.329 e. The van der Waals surface area contributed by atoms with Crippen LogP contribution in [-0.2, 0) is 28.0 Å². The van der Waals surface area contributed by atoms with E-state index in [9.17, 15) is 18.5 Å². The summed E-state index contributed by atoms with van der Waals surface area (Å²) in [5.74, 6) is -0.0569. The van der Waals surface area contributed by atoms with Crippen molar-refractivity contribution in [2.75, 3.05) is 17.4 Å². The Morgan fingerprint density at radius 3 is 2.38 bits per heavy atom. The standard InChI is InChI=1S/C28H31N3O4SSi/c1-37(2,3)16-15-30-28(32)20-31(36(30,33)34)26-14-13-23(17-24-11-7-8-12-25(24)19-29)18-27(26)35-21-22-9-5-4-6-10-22/h4-14,18H,15-17,20-21H2,1-3H3. The second-order valence-corrected chi connectivity index (χ2v) is 17.7. The fourth-order valence-corrected chi connectivity index (χ4v) is 6.75. The summed E-state index contributed by atoms with van der Waals surface area (Å²) in [7, 11) is -5.58. The van der Waals surface area contributed by atoms with E-state index in [-0.39, 0.29) is 19.7 Å². The average molecular weight is 534 g/mol. The first-order valence-electron chi connectivity index (χ1n) is 12.2. The van der Waals surface area contributed by atoms with Gasteiger partial charge >= 0.3 is 10.2 Å². The minimum absolute atomic E-state index is 0.191. The Morgan fingerprint density at radius 1 is 0.973 bits per heavy atom. The predicted molar refractivity (Wildman–Crippen MR) is 147 cm³/mol. The van der Waals surface area contributed by atoms with Crippen molar-refractivity contribution < 1.29 is 17.9 Å². The Morgan fingerprint density at radius 2 is 1.68 bits per heavy atom. The highest BCUT2D eigenvalue weighted by molar-refractivity contribution is 7.91. The number of amides is 1. The fraction of sp³-hybridized carbons (Fsp3) is 0.286. The van der Waals surface area contributed by atoms with Crippen molar-refractivity contribution in [1.82, 2.24) is 4.31 Å². The second kappa shape index (κ2) is 10.8. The molecule has 1 aliphatic heterocycles. The quantitative estimate of drug-likeness (QED) is 0.363. The van der Waals surface area contributed by atoms with Gasteiger partial charge in [0.1, 0.15) is 18.9 Å². The van der Waals surface area contributed by atoms with Crippen LogP contribution in [0.25, 0.3) is 0 Å². The third kappa shape index (κ3) is 6.21. The molecule has 0 spiro atoms. The minimum Gasteiger partial charge on any atom is -0.487 e. The smallest absolute Gasteiger partial charge is 0.329 e. The summed E-state index contributed by atoms with van der Waals surface area (Å²) >= 11 is 0. The number of anilines is 1. The zero-order chi connectivity index (χ0) is 26.6. The molecule has 7 nitrogen and oxygen atoms in total. The molecule has 3 aromatic rings. The van der Waals surface area contributed by atoms with Crippen LogP contribution in [0.4, 0.5) is 5.69 Å². The number of nitrogens with zero attached hydrogens (tertiary/aromatic N) is 3. The van der Waals surface area contributed by atoms with Crippen molar-refractivity contribution >= 4 is 29.9 Å². The lowest BCUT2D eigenvalue weighted by Crippen LogP contribution is -2.37. The monoisotopic (exact) mass is 533 g/mol. The first-order chi connectivity index (χ1) is 17.6. The molecule has 0 atom stereocenters. The maximum atomic E-state index is 13.5.